The summed E-state index contributed by atoms with van der Waals surface area (Å²) in [5.41, 5.74) is 5.28. The number of ether oxygens (including phenoxy) is 1. The third kappa shape index (κ3) is 10.4. The Kier molecular flexibility index (Phi) is 14.6. The van der Waals surface area contributed by atoms with Crippen LogP contribution in [0.25, 0.3) is 90.9 Å². The SMILES string of the molecule is C/C1=C/CC[C@]2(C)[C@H](COC(=O)NCCSSCCNc3c(F)c(F)c(-c4c5nc(c(-c6cccc(O)c6)c6ccc([nH]6)c(-c6cccc(O)c6)c6nc(c(-c7cccc(O)c7)c7ccc4[nH]7)C=C6)C=C5)c(F)c3F)[C@@H]2CC1. The molecular weight excluding hydrogens is 1040 g/mol. The van der Waals surface area contributed by atoms with Gasteiger partial charge in [-0.2, -0.15) is 0 Å². The van der Waals surface area contributed by atoms with E-state index >= 15 is 17.6 Å². The molecule has 7 aromatic rings. The number of hydrogen-bond acceptors (Lipinski definition) is 10. The fraction of sp³-hybridized carbons (Fsp3) is 0.230. The van der Waals surface area contributed by atoms with Gasteiger partial charge in [-0.1, -0.05) is 76.6 Å². The molecule has 398 valence electrons. The number of allylic oxidation sites excluding steroid dienone is 2. The van der Waals surface area contributed by atoms with Gasteiger partial charge in [0.05, 0.1) is 34.9 Å². The first-order chi connectivity index (χ1) is 37.7. The minimum atomic E-state index is -1.66. The van der Waals surface area contributed by atoms with Crippen LogP contribution < -0.4 is 10.6 Å². The van der Waals surface area contributed by atoms with Crippen LogP contribution in [0.1, 0.15) is 62.3 Å². The first-order valence-electron chi connectivity index (χ1n) is 25.7. The van der Waals surface area contributed by atoms with E-state index in [0.717, 1.165) is 25.7 Å². The molecule has 5 heterocycles. The number of hydrogen-bond donors (Lipinski definition) is 7. The van der Waals surface area contributed by atoms with Crippen LogP contribution in [0.3, 0.4) is 0 Å². The molecule has 0 saturated heterocycles. The molecule has 4 aromatic carbocycles. The van der Waals surface area contributed by atoms with Crippen LogP contribution in [-0.2, 0) is 4.74 Å². The summed E-state index contributed by atoms with van der Waals surface area (Å²) >= 11 is 0. The maximum Gasteiger partial charge on any atom is 0.407 e. The minimum Gasteiger partial charge on any atom is -0.508 e. The molecule has 2 aliphatic heterocycles. The van der Waals surface area contributed by atoms with Crippen molar-refractivity contribution in [1.29, 1.82) is 0 Å². The highest BCUT2D eigenvalue weighted by Gasteiger charge is 2.60. The van der Waals surface area contributed by atoms with Gasteiger partial charge >= 0.3 is 6.09 Å². The van der Waals surface area contributed by atoms with Gasteiger partial charge in [0.15, 0.2) is 23.3 Å². The van der Waals surface area contributed by atoms with Crippen molar-refractivity contribution in [3.8, 4) is 61.8 Å². The summed E-state index contributed by atoms with van der Waals surface area (Å²) in [5.74, 6) is -4.91. The number of carbonyl (C=O) groups is 1. The second kappa shape index (κ2) is 21.9. The quantitative estimate of drug-likeness (QED) is 0.0183. The van der Waals surface area contributed by atoms with E-state index in [-0.39, 0.29) is 51.7 Å². The number of halogens is 4. The summed E-state index contributed by atoms with van der Waals surface area (Å²) in [6.45, 7) is 5.15. The van der Waals surface area contributed by atoms with E-state index in [0.29, 0.717) is 97.8 Å². The van der Waals surface area contributed by atoms with Gasteiger partial charge in [-0.3, -0.25) is 0 Å². The van der Waals surface area contributed by atoms with Crippen LogP contribution in [0.5, 0.6) is 17.2 Å². The fourth-order valence-corrected chi connectivity index (χ4v) is 13.0. The molecule has 0 spiro atoms. The van der Waals surface area contributed by atoms with E-state index in [4.69, 9.17) is 14.7 Å². The maximum absolute atomic E-state index is 17.0. The molecule has 1 amide bonds. The van der Waals surface area contributed by atoms with Gasteiger partial charge in [-0.25, -0.2) is 32.3 Å². The standard InChI is InChI=1S/C61H54F4N6O5S2/c1-33-7-6-24-61(2)40(15-14-33)41(61)32-76-60(75)67-26-28-78-77-27-25-66-59-57(64)55(62)54(56(63)58(59)65)53-48-22-20-46(70-48)51(35-9-4-12-38(73)30-35)44-18-16-42(68-44)50(34-8-3-11-37(72)29-34)43-17-19-45(69-43)52(47-21-23-49(53)71-47)36-10-5-13-39(74)31-36/h3-5,7-13,16-23,29-31,40-41,66,68,71-74H,6,14-15,24-28,32H2,1-2H3,(H,67,75)/b33-7-,50-42?,50-43?,51-44?,51-46?,52-45?,52-47?,53-48?,53-49?/t40-,41+,61-/m0/s1. The lowest BCUT2D eigenvalue weighted by Gasteiger charge is -2.14. The Morgan fingerprint density at radius 2 is 1.12 bits per heavy atom. The molecule has 3 atom stereocenters. The smallest absolute Gasteiger partial charge is 0.407 e. The van der Waals surface area contributed by atoms with Gasteiger partial charge in [0.2, 0.25) is 0 Å². The number of aromatic nitrogens is 4. The summed E-state index contributed by atoms with van der Waals surface area (Å²) < 4.78 is 72.4. The number of fused-ring (bicyclic) bond motifs is 9. The first-order valence-corrected chi connectivity index (χ1v) is 28.2. The summed E-state index contributed by atoms with van der Waals surface area (Å²) in [6.07, 6.45) is 12.9. The van der Waals surface area contributed by atoms with Crippen LogP contribution in [0.4, 0.5) is 28.0 Å². The van der Waals surface area contributed by atoms with Crippen molar-refractivity contribution in [3.63, 3.8) is 0 Å². The van der Waals surface area contributed by atoms with E-state index in [1.54, 1.807) is 60.7 Å². The van der Waals surface area contributed by atoms with Gasteiger partial charge in [0.25, 0.3) is 0 Å². The van der Waals surface area contributed by atoms with Crippen LogP contribution in [0.2, 0.25) is 0 Å². The molecule has 8 bridgehead atoms. The Morgan fingerprint density at radius 3 is 1.60 bits per heavy atom. The highest BCUT2D eigenvalue weighted by Crippen LogP contribution is 2.64. The van der Waals surface area contributed by atoms with E-state index in [1.165, 1.54) is 63.6 Å². The molecule has 11 nitrogen and oxygen atoms in total. The summed E-state index contributed by atoms with van der Waals surface area (Å²) in [7, 11) is 2.78. The first kappa shape index (κ1) is 52.2. The number of rotatable bonds is 14. The van der Waals surface area contributed by atoms with Crippen LogP contribution >= 0.6 is 21.6 Å². The molecule has 17 heteroatoms. The number of nitrogens with one attached hydrogen (secondary N) is 4. The van der Waals surface area contributed by atoms with Crippen molar-refractivity contribution in [2.45, 2.75) is 39.5 Å². The monoisotopic (exact) mass is 1090 g/mol. The Morgan fingerprint density at radius 1 is 0.654 bits per heavy atom. The minimum absolute atomic E-state index is 0.0304. The maximum atomic E-state index is 17.0. The van der Waals surface area contributed by atoms with Gasteiger partial charge in [-0.15, -0.1) is 0 Å². The second-order valence-corrected chi connectivity index (χ2v) is 22.8. The van der Waals surface area contributed by atoms with Crippen molar-refractivity contribution >= 4 is 79.7 Å². The number of anilines is 1. The lowest BCUT2D eigenvalue weighted by Crippen LogP contribution is -2.27. The Hall–Kier alpha value is -7.89. The molecule has 2 aliphatic carbocycles. The molecule has 0 unspecified atom stereocenters. The number of phenolic OH excluding ortho intramolecular Hbond substituents is 3. The number of nitrogens with zero attached hydrogens (tertiary/aromatic N) is 2. The summed E-state index contributed by atoms with van der Waals surface area (Å²) in [4.78, 5) is 29.3. The third-order valence-electron chi connectivity index (χ3n) is 15.2. The lowest BCUT2D eigenvalue weighted by molar-refractivity contribution is 0.135. The third-order valence-corrected chi connectivity index (χ3v) is 17.6. The number of alkyl carbamates (subject to hydrolysis) is 1. The molecule has 7 N–H and O–H groups in total. The highest BCUT2D eigenvalue weighted by molar-refractivity contribution is 8.76. The number of carbonyl (C=O) groups excluding carboxylic acids is 1. The van der Waals surface area contributed by atoms with Gasteiger partial charge in [0, 0.05) is 74.8 Å². The molecule has 4 aliphatic rings. The number of benzene rings is 4. The predicted octanol–water partition coefficient (Wildman–Crippen LogP) is 15.3. The second-order valence-electron chi connectivity index (χ2n) is 20.1. The largest absolute Gasteiger partial charge is 0.508 e. The zero-order valence-corrected chi connectivity index (χ0v) is 44.2. The molecule has 3 aromatic heterocycles. The summed E-state index contributed by atoms with van der Waals surface area (Å²) in [6, 6.07) is 26.5. The molecule has 1 saturated carbocycles. The van der Waals surface area contributed by atoms with Crippen LogP contribution in [-0.4, -0.2) is 72.6 Å². The number of aromatic amines is 2. The molecule has 11 rings (SSSR count). The highest BCUT2D eigenvalue weighted by atomic mass is 33.1. The number of phenols is 3. The van der Waals surface area contributed by atoms with Crippen molar-refractivity contribution in [2.75, 3.05) is 36.5 Å². The molecule has 78 heavy (non-hydrogen) atoms. The van der Waals surface area contributed by atoms with Gasteiger partial charge in [-0.05, 0) is 146 Å². The van der Waals surface area contributed by atoms with Crippen molar-refractivity contribution in [3.05, 3.63) is 155 Å². The number of aromatic hydroxyl groups is 3. The van der Waals surface area contributed by atoms with Crippen LogP contribution in [0, 0.1) is 40.5 Å². The lowest BCUT2D eigenvalue weighted by atomic mass is 9.92. The average Bonchev–Trinajstić information content (AvgIpc) is 4.34. The fourth-order valence-electron chi connectivity index (χ4n) is 11.2. The number of H-pyrrole nitrogens is 2. The van der Waals surface area contributed by atoms with E-state index in [9.17, 15) is 20.1 Å². The summed E-state index contributed by atoms with van der Waals surface area (Å²) in [5, 5.41) is 37.5. The van der Waals surface area contributed by atoms with Crippen molar-refractivity contribution in [1.82, 2.24) is 25.3 Å². The van der Waals surface area contributed by atoms with Gasteiger partial charge < -0.3 is 40.7 Å². The molecular formula is C61H54F4N6O5S2. The van der Waals surface area contributed by atoms with E-state index in [2.05, 4.69) is 40.5 Å². The zero-order chi connectivity index (χ0) is 54.2. The molecule has 0 radical (unpaired) electrons. The van der Waals surface area contributed by atoms with E-state index in [1.807, 2.05) is 24.3 Å². The van der Waals surface area contributed by atoms with Crippen LogP contribution in [0.15, 0.2) is 109 Å². The predicted molar refractivity (Wildman–Crippen MR) is 305 cm³/mol. The normalized spacial score (nSPS) is 18.2. The Balaban J connectivity index is 0.923. The zero-order valence-electron chi connectivity index (χ0n) is 42.5. The Bertz CT molecular complexity index is 3730. The number of amides is 1. The van der Waals surface area contributed by atoms with Gasteiger partial charge in [0.1, 0.15) is 22.9 Å². The topological polar surface area (TPSA) is 168 Å². The average molecular weight is 1090 g/mol. The molecule has 1 fully saturated rings. The Labute approximate surface area is 455 Å². The van der Waals surface area contributed by atoms with Crippen molar-refractivity contribution in [2.24, 2.45) is 17.3 Å². The van der Waals surface area contributed by atoms with Crippen molar-refractivity contribution < 1.29 is 42.4 Å². The van der Waals surface area contributed by atoms with E-state index < -0.39 is 40.6 Å².